The Morgan fingerprint density at radius 1 is 0.297 bits per heavy atom. The number of phosphoric acid groups is 2. The van der Waals surface area contributed by atoms with E-state index in [1.165, 1.54) is 167 Å². The molecule has 0 aliphatic heterocycles. The van der Waals surface area contributed by atoms with Crippen molar-refractivity contribution in [3.8, 4) is 0 Å². The van der Waals surface area contributed by atoms with E-state index in [-0.39, 0.29) is 25.7 Å². The smallest absolute Gasteiger partial charge is 0.462 e. The molecular formula is C72H140O17P2. The quantitative estimate of drug-likeness (QED) is 0.0222. The highest BCUT2D eigenvalue weighted by Gasteiger charge is 2.30. The molecule has 2 unspecified atom stereocenters. The summed E-state index contributed by atoms with van der Waals surface area (Å²) >= 11 is 0. The Kier molecular flexibility index (Phi) is 61.5. The Morgan fingerprint density at radius 3 is 0.747 bits per heavy atom. The molecule has 0 aromatic heterocycles. The highest BCUT2D eigenvalue weighted by atomic mass is 31.2. The van der Waals surface area contributed by atoms with Crippen LogP contribution in [0.25, 0.3) is 0 Å². The number of aliphatic hydroxyl groups excluding tert-OH is 1. The third-order valence-electron chi connectivity index (χ3n) is 16.6. The van der Waals surface area contributed by atoms with E-state index >= 15 is 0 Å². The predicted molar refractivity (Wildman–Crippen MR) is 368 cm³/mol. The maximum absolute atomic E-state index is 13.0. The Bertz CT molecular complexity index is 1780. The first kappa shape index (κ1) is 89.1. The van der Waals surface area contributed by atoms with Crippen molar-refractivity contribution in [3.63, 3.8) is 0 Å². The van der Waals surface area contributed by atoms with Crippen molar-refractivity contribution in [2.45, 2.75) is 381 Å². The van der Waals surface area contributed by atoms with Gasteiger partial charge in [-0.2, -0.15) is 0 Å². The standard InChI is InChI=1S/C72H140O17P2/c1-8-9-10-11-12-13-14-15-16-17-18-19-20-25-28-31-41-48-55-71(76)88-67(59-82-69(74)53-46-39-30-27-24-22-21-23-26-29-36-43-50-63(2)3)61-86-90(78,79)84-57-66(73)58-85-91(80,81)87-62-68(89-72(77)56-49-42-35-33-38-45-52-65(6)7)60-83-70(75)54-47-40-34-32-37-44-51-64(4)5/h63-68,73H,8-62H2,1-7H3,(H,78,79)(H,80,81)/t66-,67-,68-/m1/s1. The van der Waals surface area contributed by atoms with Gasteiger partial charge in [0.1, 0.15) is 19.3 Å². The number of rotatable bonds is 70. The summed E-state index contributed by atoms with van der Waals surface area (Å²) in [5.41, 5.74) is 0. The lowest BCUT2D eigenvalue weighted by atomic mass is 10.0. The normalized spacial score (nSPS) is 14.2. The van der Waals surface area contributed by atoms with Crippen molar-refractivity contribution in [1.29, 1.82) is 0 Å². The van der Waals surface area contributed by atoms with E-state index in [4.69, 9.17) is 37.0 Å². The van der Waals surface area contributed by atoms with Gasteiger partial charge in [-0.25, -0.2) is 9.13 Å². The van der Waals surface area contributed by atoms with Gasteiger partial charge in [0.25, 0.3) is 0 Å². The molecule has 5 atom stereocenters. The Balaban J connectivity index is 5.21. The fourth-order valence-corrected chi connectivity index (χ4v) is 12.5. The summed E-state index contributed by atoms with van der Waals surface area (Å²) in [6.07, 6.45) is 47.6. The van der Waals surface area contributed by atoms with Gasteiger partial charge in [0.05, 0.1) is 26.4 Å². The summed E-state index contributed by atoms with van der Waals surface area (Å²) in [7, 11) is -9.90. The van der Waals surface area contributed by atoms with Crippen molar-refractivity contribution in [1.82, 2.24) is 0 Å². The van der Waals surface area contributed by atoms with Crippen LogP contribution in [0.1, 0.15) is 363 Å². The Hall–Kier alpha value is -1.94. The number of aliphatic hydroxyl groups is 1. The van der Waals surface area contributed by atoms with Crippen LogP contribution in [0.5, 0.6) is 0 Å². The molecule has 0 aromatic carbocycles. The first-order valence-electron chi connectivity index (χ1n) is 37.3. The van der Waals surface area contributed by atoms with Crippen molar-refractivity contribution in [2.75, 3.05) is 39.6 Å². The molecule has 0 bridgehead atoms. The van der Waals surface area contributed by atoms with Crippen LogP contribution < -0.4 is 0 Å². The number of hydrogen-bond acceptors (Lipinski definition) is 15. The molecule has 0 aliphatic carbocycles. The minimum Gasteiger partial charge on any atom is -0.462 e. The highest BCUT2D eigenvalue weighted by molar-refractivity contribution is 7.47. The zero-order valence-corrected chi connectivity index (χ0v) is 61.1. The van der Waals surface area contributed by atoms with Gasteiger partial charge in [-0.1, -0.05) is 312 Å². The molecular weight excluding hydrogens is 1200 g/mol. The van der Waals surface area contributed by atoms with Crippen LogP contribution in [-0.2, 0) is 65.4 Å². The summed E-state index contributed by atoms with van der Waals surface area (Å²) in [6.45, 7) is 11.7. The van der Waals surface area contributed by atoms with E-state index in [0.29, 0.717) is 37.5 Å². The van der Waals surface area contributed by atoms with Crippen LogP contribution in [-0.4, -0.2) is 96.7 Å². The van der Waals surface area contributed by atoms with Gasteiger partial charge in [0.15, 0.2) is 12.2 Å². The first-order valence-corrected chi connectivity index (χ1v) is 40.3. The van der Waals surface area contributed by atoms with Gasteiger partial charge in [-0.15, -0.1) is 0 Å². The number of carbonyl (C=O) groups excluding carboxylic acids is 4. The molecule has 0 amide bonds. The number of ether oxygens (including phenoxy) is 4. The van der Waals surface area contributed by atoms with Crippen LogP contribution in [0.4, 0.5) is 0 Å². The summed E-state index contributed by atoms with van der Waals surface area (Å²) in [5.74, 6) is 0.000659. The second-order valence-corrected chi connectivity index (χ2v) is 30.3. The lowest BCUT2D eigenvalue weighted by Gasteiger charge is -2.21. The molecule has 3 N–H and O–H groups in total. The van der Waals surface area contributed by atoms with Crippen molar-refractivity contribution in [2.24, 2.45) is 17.8 Å². The number of esters is 4. The third-order valence-corrected chi connectivity index (χ3v) is 18.5. The maximum Gasteiger partial charge on any atom is 0.472 e. The topological polar surface area (TPSA) is 237 Å². The molecule has 540 valence electrons. The molecule has 0 aromatic rings. The SMILES string of the molecule is CCCCCCCCCCCCCCCCCCCCC(=O)O[C@H](COC(=O)CCCCCCCCCCCCCCC(C)C)COP(=O)(O)OC[C@@H](O)COP(=O)(O)OC[C@@H](COC(=O)CCCCCCCCC(C)C)OC(=O)CCCCCCCCC(C)C. The van der Waals surface area contributed by atoms with Crippen molar-refractivity contribution >= 4 is 39.5 Å². The van der Waals surface area contributed by atoms with E-state index in [1.807, 2.05) is 0 Å². The van der Waals surface area contributed by atoms with Crippen molar-refractivity contribution < 1.29 is 80.2 Å². The van der Waals surface area contributed by atoms with E-state index in [2.05, 4.69) is 48.5 Å². The molecule has 19 heteroatoms. The van der Waals surface area contributed by atoms with Gasteiger partial charge in [-0.3, -0.25) is 37.3 Å². The Morgan fingerprint density at radius 2 is 0.505 bits per heavy atom. The molecule has 0 saturated heterocycles. The van der Waals surface area contributed by atoms with Crippen LogP contribution in [0.3, 0.4) is 0 Å². The predicted octanol–water partition coefficient (Wildman–Crippen LogP) is 20.6. The fraction of sp³-hybridized carbons (Fsp3) is 0.944. The average Bonchev–Trinajstić information content (AvgIpc) is 2.91. The minimum absolute atomic E-state index is 0.101. The van der Waals surface area contributed by atoms with Crippen molar-refractivity contribution in [3.05, 3.63) is 0 Å². The summed E-state index contributed by atoms with van der Waals surface area (Å²) in [6, 6.07) is 0. The molecule has 0 heterocycles. The molecule has 0 radical (unpaired) electrons. The lowest BCUT2D eigenvalue weighted by molar-refractivity contribution is -0.161. The molecule has 0 spiro atoms. The second kappa shape index (κ2) is 62.8. The van der Waals surface area contributed by atoms with Crippen LogP contribution in [0, 0.1) is 17.8 Å². The highest BCUT2D eigenvalue weighted by Crippen LogP contribution is 2.45. The molecule has 17 nitrogen and oxygen atoms in total. The largest absolute Gasteiger partial charge is 0.472 e. The zero-order valence-electron chi connectivity index (χ0n) is 59.3. The Labute approximate surface area is 556 Å². The van der Waals surface area contributed by atoms with Gasteiger partial charge in [0, 0.05) is 25.7 Å². The summed E-state index contributed by atoms with van der Waals surface area (Å²) in [5, 5.41) is 10.6. The molecule has 0 aliphatic rings. The van der Waals surface area contributed by atoms with Gasteiger partial charge in [0.2, 0.25) is 0 Å². The van der Waals surface area contributed by atoms with Gasteiger partial charge >= 0.3 is 39.5 Å². The number of carbonyl (C=O) groups is 4. The van der Waals surface area contributed by atoms with Gasteiger partial charge < -0.3 is 33.8 Å². The number of hydrogen-bond donors (Lipinski definition) is 3. The lowest BCUT2D eigenvalue weighted by Crippen LogP contribution is -2.30. The molecule has 91 heavy (non-hydrogen) atoms. The van der Waals surface area contributed by atoms with Crippen LogP contribution >= 0.6 is 15.6 Å². The maximum atomic E-state index is 13.0. The van der Waals surface area contributed by atoms with E-state index in [0.717, 1.165) is 102 Å². The third kappa shape index (κ3) is 66.5. The molecule has 0 fully saturated rings. The molecule has 0 saturated carbocycles. The van der Waals surface area contributed by atoms with E-state index in [1.54, 1.807) is 0 Å². The summed E-state index contributed by atoms with van der Waals surface area (Å²) in [4.78, 5) is 72.5. The number of unbranched alkanes of at least 4 members (excludes halogenated alkanes) is 38. The fourth-order valence-electron chi connectivity index (χ4n) is 10.9. The second-order valence-electron chi connectivity index (χ2n) is 27.4. The minimum atomic E-state index is -4.95. The van der Waals surface area contributed by atoms with Crippen LogP contribution in [0.2, 0.25) is 0 Å². The van der Waals surface area contributed by atoms with E-state index < -0.39 is 97.5 Å². The average molecular weight is 1340 g/mol. The summed E-state index contributed by atoms with van der Waals surface area (Å²) < 4.78 is 68.3. The first-order chi connectivity index (χ1) is 43.7. The number of phosphoric ester groups is 2. The van der Waals surface area contributed by atoms with E-state index in [9.17, 15) is 43.2 Å². The van der Waals surface area contributed by atoms with Gasteiger partial charge in [-0.05, 0) is 43.4 Å². The van der Waals surface area contributed by atoms with Crippen LogP contribution in [0.15, 0.2) is 0 Å². The molecule has 0 rings (SSSR count). The monoisotopic (exact) mass is 1340 g/mol. The zero-order chi connectivity index (χ0) is 67.3.